The van der Waals surface area contributed by atoms with Crippen LogP contribution in [0.15, 0.2) is 18.2 Å². The molecule has 8 nitrogen and oxygen atoms in total. The minimum Gasteiger partial charge on any atom is -0.506 e. The zero-order valence-electron chi connectivity index (χ0n) is 18.8. The molecular weight excluding hydrogens is 424 g/mol. The maximum absolute atomic E-state index is 12.2. The molecule has 8 heteroatoms. The van der Waals surface area contributed by atoms with E-state index in [9.17, 15) is 25.5 Å². The molecule has 6 aliphatic rings. The molecule has 5 fully saturated rings. The fraction of sp³-hybridized carbons (Fsp3) is 0.680. The van der Waals surface area contributed by atoms with Crippen LogP contribution in [-0.4, -0.2) is 66.2 Å². The average Bonchev–Trinajstić information content (AvgIpc) is 2.90. The number of aromatic nitrogens is 2. The largest absolute Gasteiger partial charge is 0.506 e. The summed E-state index contributed by atoms with van der Waals surface area (Å²) in [4.78, 5) is 9.60. The second kappa shape index (κ2) is 5.86. The number of aliphatic hydroxyl groups excluding tert-OH is 3. The standard InChI is InChI=1S/C25H30N2O6/c1-22(2)9-8-15(29)23-10-33-25(32,21(31)18(22)23)24-14(23)7-6-11(20(24)30)16-19(24)27-17-12(26-16)4-3-5-13(17)28/h3-5,11,14-15,18,20-21,28-32H,6-10H2,1-2H3/t11-,14?,15-,18?,20+,21-,23+,24?,25-/m0/s1. The van der Waals surface area contributed by atoms with E-state index in [1.807, 2.05) is 0 Å². The van der Waals surface area contributed by atoms with E-state index in [0.717, 1.165) is 6.42 Å². The molecule has 2 aromatic rings. The highest BCUT2D eigenvalue weighted by Crippen LogP contribution is 2.76. The van der Waals surface area contributed by atoms with Gasteiger partial charge >= 0.3 is 0 Å². The van der Waals surface area contributed by atoms with Crippen molar-refractivity contribution < 1.29 is 30.3 Å². The molecule has 8 rings (SSSR count). The van der Waals surface area contributed by atoms with Crippen molar-refractivity contribution in [3.05, 3.63) is 29.6 Å². The van der Waals surface area contributed by atoms with Crippen molar-refractivity contribution in [1.29, 1.82) is 0 Å². The van der Waals surface area contributed by atoms with Crippen molar-refractivity contribution in [2.75, 3.05) is 6.61 Å². The number of hydrogen-bond donors (Lipinski definition) is 5. The lowest BCUT2D eigenvalue weighted by molar-refractivity contribution is -0.449. The van der Waals surface area contributed by atoms with Crippen LogP contribution >= 0.6 is 0 Å². The molecule has 9 atom stereocenters. The highest BCUT2D eigenvalue weighted by molar-refractivity contribution is 5.81. The van der Waals surface area contributed by atoms with E-state index >= 15 is 0 Å². The van der Waals surface area contributed by atoms with Crippen molar-refractivity contribution in [3.63, 3.8) is 0 Å². The molecule has 1 aromatic heterocycles. The molecular formula is C25H30N2O6. The Morgan fingerprint density at radius 2 is 1.82 bits per heavy atom. The van der Waals surface area contributed by atoms with Crippen LogP contribution in [0.25, 0.3) is 11.0 Å². The van der Waals surface area contributed by atoms with Gasteiger partial charge in [-0.3, -0.25) is 0 Å². The maximum atomic E-state index is 12.2. The van der Waals surface area contributed by atoms with Crippen LogP contribution in [0, 0.1) is 22.7 Å². The minimum absolute atomic E-state index is 0.0315. The number of aromatic hydroxyl groups is 1. The van der Waals surface area contributed by atoms with E-state index in [4.69, 9.17) is 14.7 Å². The second-order valence-electron chi connectivity index (χ2n) is 11.7. The van der Waals surface area contributed by atoms with E-state index < -0.39 is 40.8 Å². The van der Waals surface area contributed by atoms with Crippen molar-refractivity contribution >= 4 is 11.0 Å². The zero-order chi connectivity index (χ0) is 23.1. The summed E-state index contributed by atoms with van der Waals surface area (Å²) in [5.41, 5.74) is -0.781. The molecule has 0 amide bonds. The van der Waals surface area contributed by atoms with Gasteiger partial charge in [0.1, 0.15) is 22.8 Å². The topological polar surface area (TPSA) is 136 Å². The van der Waals surface area contributed by atoms with E-state index in [1.54, 1.807) is 12.1 Å². The third kappa shape index (κ3) is 1.94. The number of aliphatic hydroxyl groups is 4. The number of para-hydroxylation sites is 1. The third-order valence-corrected chi connectivity index (χ3v) is 10.2. The first kappa shape index (κ1) is 20.5. The molecule has 2 saturated heterocycles. The molecule has 1 aromatic carbocycles. The summed E-state index contributed by atoms with van der Waals surface area (Å²) >= 11 is 0. The molecule has 3 heterocycles. The first-order valence-electron chi connectivity index (χ1n) is 12.0. The van der Waals surface area contributed by atoms with Crippen LogP contribution in [0.2, 0.25) is 0 Å². The predicted octanol–water partition coefficient (Wildman–Crippen LogP) is 1.32. The van der Waals surface area contributed by atoms with Gasteiger partial charge in [-0.25, -0.2) is 9.97 Å². The summed E-state index contributed by atoms with van der Waals surface area (Å²) < 4.78 is 6.12. The van der Waals surface area contributed by atoms with Gasteiger partial charge in [0.15, 0.2) is 0 Å². The number of rotatable bonds is 0. The number of benzene rings is 1. The average molecular weight is 455 g/mol. The van der Waals surface area contributed by atoms with Gasteiger partial charge in [0, 0.05) is 17.3 Å². The zero-order valence-corrected chi connectivity index (χ0v) is 18.8. The number of hydrogen-bond acceptors (Lipinski definition) is 8. The molecule has 2 spiro atoms. The third-order valence-electron chi connectivity index (χ3n) is 10.2. The molecule has 176 valence electrons. The normalized spacial score (nSPS) is 48.9. The first-order chi connectivity index (χ1) is 15.6. The Hall–Kier alpha value is -1.84. The molecule has 33 heavy (non-hydrogen) atoms. The molecule has 3 saturated carbocycles. The lowest BCUT2D eigenvalue weighted by Gasteiger charge is -2.75. The summed E-state index contributed by atoms with van der Waals surface area (Å²) in [5.74, 6) is -3.21. The predicted molar refractivity (Wildman–Crippen MR) is 116 cm³/mol. The highest BCUT2D eigenvalue weighted by atomic mass is 16.6. The van der Waals surface area contributed by atoms with Crippen molar-refractivity contribution in [2.24, 2.45) is 22.7 Å². The van der Waals surface area contributed by atoms with Crippen LogP contribution < -0.4 is 0 Å². The van der Waals surface area contributed by atoms with Gasteiger partial charge in [0.05, 0.1) is 35.7 Å². The van der Waals surface area contributed by atoms with Crippen LogP contribution in [-0.2, 0) is 10.2 Å². The van der Waals surface area contributed by atoms with Crippen LogP contribution in [0.1, 0.15) is 56.8 Å². The minimum atomic E-state index is -2.07. The van der Waals surface area contributed by atoms with Crippen molar-refractivity contribution in [1.82, 2.24) is 9.97 Å². The number of fused-ring (bicyclic) bond motifs is 5. The van der Waals surface area contributed by atoms with E-state index in [-0.39, 0.29) is 29.6 Å². The van der Waals surface area contributed by atoms with Gasteiger partial charge in [0.25, 0.3) is 0 Å². The molecule has 4 aliphatic carbocycles. The SMILES string of the molecule is CC1(C)CC[C@H](O)[C@]23CO[C@@](O)([C@@H](O)C12)C12c4nc5c(O)cccc5nc4[C@H](CCC13)[C@H]2O. The van der Waals surface area contributed by atoms with Gasteiger partial charge < -0.3 is 30.3 Å². The van der Waals surface area contributed by atoms with Gasteiger partial charge in [-0.2, -0.15) is 0 Å². The smallest absolute Gasteiger partial charge is 0.206 e. The Kier molecular flexibility index (Phi) is 3.64. The summed E-state index contributed by atoms with van der Waals surface area (Å²) in [6, 6.07) is 5.00. The highest BCUT2D eigenvalue weighted by Gasteiger charge is 2.85. The fourth-order valence-corrected chi connectivity index (χ4v) is 9.04. The number of phenolic OH excluding ortho intramolecular Hbond substituents is 1. The fourth-order valence-electron chi connectivity index (χ4n) is 9.04. The molecule has 2 aliphatic heterocycles. The first-order valence-corrected chi connectivity index (χ1v) is 12.0. The molecule has 3 unspecified atom stereocenters. The van der Waals surface area contributed by atoms with Gasteiger partial charge in [-0.05, 0) is 49.1 Å². The Bertz CT molecular complexity index is 1200. The molecule has 5 N–H and O–H groups in total. The van der Waals surface area contributed by atoms with Gasteiger partial charge in [-0.1, -0.05) is 19.9 Å². The van der Waals surface area contributed by atoms with Gasteiger partial charge in [-0.15, -0.1) is 0 Å². The van der Waals surface area contributed by atoms with Gasteiger partial charge in [0.2, 0.25) is 5.79 Å². The summed E-state index contributed by atoms with van der Waals surface area (Å²) in [7, 11) is 0. The quantitative estimate of drug-likeness (QED) is 0.402. The second-order valence-corrected chi connectivity index (χ2v) is 11.7. The number of phenols is 1. The Balaban J connectivity index is 1.57. The lowest BCUT2D eigenvalue weighted by atomic mass is 9.35. The summed E-state index contributed by atoms with van der Waals surface area (Å²) in [6.07, 6.45) is -0.507. The van der Waals surface area contributed by atoms with Crippen LogP contribution in [0.5, 0.6) is 5.75 Å². The van der Waals surface area contributed by atoms with E-state index in [1.165, 1.54) is 6.07 Å². The monoisotopic (exact) mass is 454 g/mol. The maximum Gasteiger partial charge on any atom is 0.206 e. The summed E-state index contributed by atoms with van der Waals surface area (Å²) in [5, 5.41) is 57.8. The Morgan fingerprint density at radius 3 is 2.61 bits per heavy atom. The molecule has 0 radical (unpaired) electrons. The van der Waals surface area contributed by atoms with E-state index in [0.29, 0.717) is 41.7 Å². The number of ether oxygens (including phenoxy) is 1. The Morgan fingerprint density at radius 1 is 1.03 bits per heavy atom. The Labute approximate surface area is 191 Å². The van der Waals surface area contributed by atoms with Crippen molar-refractivity contribution in [2.45, 2.75) is 75.0 Å². The molecule has 4 bridgehead atoms. The van der Waals surface area contributed by atoms with E-state index in [2.05, 4.69) is 13.8 Å². The lowest BCUT2D eigenvalue weighted by Crippen LogP contribution is -2.86. The van der Waals surface area contributed by atoms with Crippen LogP contribution in [0.3, 0.4) is 0 Å². The number of nitrogens with zero attached hydrogens (tertiary/aromatic N) is 2. The van der Waals surface area contributed by atoms with Crippen molar-refractivity contribution in [3.8, 4) is 5.75 Å². The summed E-state index contributed by atoms with van der Waals surface area (Å²) in [6.45, 7) is 4.30. The van der Waals surface area contributed by atoms with Crippen LogP contribution in [0.4, 0.5) is 0 Å².